The minimum atomic E-state index is 0.732. The second kappa shape index (κ2) is 8.09. The Kier molecular flexibility index (Phi) is 7.76. The van der Waals surface area contributed by atoms with Gasteiger partial charge in [-0.05, 0) is 19.3 Å². The Morgan fingerprint density at radius 2 is 2.08 bits per heavy atom. The molecule has 0 aliphatic carbocycles. The molecule has 0 bridgehead atoms. The zero-order valence-electron chi connectivity index (χ0n) is 9.47. The molecule has 0 saturated carbocycles. The van der Waals surface area contributed by atoms with Crippen molar-refractivity contribution in [2.75, 3.05) is 13.7 Å². The zero-order valence-corrected chi connectivity index (χ0v) is 9.47. The predicted octanol–water partition coefficient (Wildman–Crippen LogP) is 3.27. The molecule has 2 heteroatoms. The van der Waals surface area contributed by atoms with Crippen molar-refractivity contribution in [2.45, 2.75) is 46.5 Å². The van der Waals surface area contributed by atoms with Crippen molar-refractivity contribution < 1.29 is 4.74 Å². The van der Waals surface area contributed by atoms with E-state index < -0.39 is 0 Å². The lowest BCUT2D eigenvalue weighted by Crippen LogP contribution is -2.05. The van der Waals surface area contributed by atoms with Crippen LogP contribution in [0.2, 0.25) is 0 Å². The van der Waals surface area contributed by atoms with Gasteiger partial charge in [-0.3, -0.25) is 4.99 Å². The Morgan fingerprint density at radius 1 is 1.38 bits per heavy atom. The maximum Gasteiger partial charge on any atom is 0.182 e. The second-order valence-electron chi connectivity index (χ2n) is 3.46. The number of aliphatic imine (C=N–C) groups is 1. The molecule has 0 fully saturated rings. The van der Waals surface area contributed by atoms with Crippen molar-refractivity contribution in [3.63, 3.8) is 0 Å². The van der Waals surface area contributed by atoms with E-state index in [1.165, 1.54) is 19.3 Å². The van der Waals surface area contributed by atoms with Crippen molar-refractivity contribution in [1.29, 1.82) is 0 Å². The molecule has 1 atom stereocenters. The smallest absolute Gasteiger partial charge is 0.182 e. The third kappa shape index (κ3) is 6.62. The van der Waals surface area contributed by atoms with E-state index in [0.717, 1.165) is 24.8 Å². The van der Waals surface area contributed by atoms with Crippen LogP contribution >= 0.6 is 0 Å². The monoisotopic (exact) mass is 185 g/mol. The van der Waals surface area contributed by atoms with Crippen molar-refractivity contribution in [1.82, 2.24) is 0 Å². The molecule has 0 amide bonds. The van der Waals surface area contributed by atoms with Crippen LogP contribution in [0.25, 0.3) is 0 Å². The fourth-order valence-electron chi connectivity index (χ4n) is 1.22. The van der Waals surface area contributed by atoms with Crippen LogP contribution in [0.1, 0.15) is 46.5 Å². The van der Waals surface area contributed by atoms with E-state index in [4.69, 9.17) is 4.74 Å². The summed E-state index contributed by atoms with van der Waals surface area (Å²) in [5.74, 6) is 1.74. The Bertz CT molecular complexity index is 143. The summed E-state index contributed by atoms with van der Waals surface area (Å²) >= 11 is 0. The number of nitrogens with zero attached hydrogens (tertiary/aromatic N) is 1. The third-order valence-corrected chi connectivity index (χ3v) is 2.34. The standard InChI is InChI=1S/C11H23NO/c1-5-10(3)8-7-9-11(12-4)13-6-2/h10H,5-9H2,1-4H3/b12-11+. The van der Waals surface area contributed by atoms with E-state index >= 15 is 0 Å². The van der Waals surface area contributed by atoms with Gasteiger partial charge in [-0.2, -0.15) is 0 Å². The third-order valence-electron chi connectivity index (χ3n) is 2.34. The molecule has 0 aliphatic heterocycles. The van der Waals surface area contributed by atoms with Gasteiger partial charge in [-0.1, -0.05) is 26.7 Å². The maximum atomic E-state index is 5.36. The van der Waals surface area contributed by atoms with Crippen LogP contribution in [0.5, 0.6) is 0 Å². The number of rotatable bonds is 6. The zero-order chi connectivity index (χ0) is 10.1. The lowest BCUT2D eigenvalue weighted by atomic mass is 10.0. The summed E-state index contributed by atoms with van der Waals surface area (Å²) in [7, 11) is 1.80. The summed E-state index contributed by atoms with van der Waals surface area (Å²) in [6, 6.07) is 0. The molecule has 0 heterocycles. The van der Waals surface area contributed by atoms with E-state index in [1.54, 1.807) is 7.05 Å². The Hall–Kier alpha value is -0.530. The van der Waals surface area contributed by atoms with E-state index in [-0.39, 0.29) is 0 Å². The van der Waals surface area contributed by atoms with E-state index in [1.807, 2.05) is 6.92 Å². The average Bonchev–Trinajstić information content (AvgIpc) is 2.16. The van der Waals surface area contributed by atoms with Gasteiger partial charge in [0, 0.05) is 13.5 Å². The molecule has 2 nitrogen and oxygen atoms in total. The topological polar surface area (TPSA) is 21.6 Å². The first-order chi connectivity index (χ1) is 6.24. The van der Waals surface area contributed by atoms with E-state index in [9.17, 15) is 0 Å². The van der Waals surface area contributed by atoms with Crippen LogP contribution in [0.3, 0.4) is 0 Å². The van der Waals surface area contributed by atoms with Crippen LogP contribution in [0.4, 0.5) is 0 Å². The van der Waals surface area contributed by atoms with Crippen LogP contribution in [-0.2, 0) is 4.74 Å². The van der Waals surface area contributed by atoms with Gasteiger partial charge in [-0.15, -0.1) is 0 Å². The SMILES string of the molecule is CCO/C(CCCC(C)CC)=N/C. The number of hydrogen-bond acceptors (Lipinski definition) is 2. The Morgan fingerprint density at radius 3 is 2.54 bits per heavy atom. The van der Waals surface area contributed by atoms with Gasteiger partial charge in [0.15, 0.2) is 5.90 Å². The highest BCUT2D eigenvalue weighted by Crippen LogP contribution is 2.11. The highest BCUT2D eigenvalue weighted by atomic mass is 16.5. The lowest BCUT2D eigenvalue weighted by molar-refractivity contribution is 0.313. The van der Waals surface area contributed by atoms with Gasteiger partial charge in [0.1, 0.15) is 0 Å². The molecule has 0 aromatic rings. The minimum absolute atomic E-state index is 0.732. The van der Waals surface area contributed by atoms with Crippen LogP contribution in [-0.4, -0.2) is 19.6 Å². The summed E-state index contributed by atoms with van der Waals surface area (Å²) < 4.78 is 5.36. The van der Waals surface area contributed by atoms with E-state index in [0.29, 0.717) is 0 Å². The molecule has 13 heavy (non-hydrogen) atoms. The van der Waals surface area contributed by atoms with Gasteiger partial charge < -0.3 is 4.74 Å². The summed E-state index contributed by atoms with van der Waals surface area (Å²) in [6.07, 6.45) is 4.74. The molecule has 0 N–H and O–H groups in total. The Labute approximate surface area is 82.4 Å². The number of ether oxygens (including phenoxy) is 1. The molecule has 0 spiro atoms. The molecule has 0 saturated heterocycles. The van der Waals surface area contributed by atoms with Gasteiger partial charge in [0.05, 0.1) is 6.61 Å². The number of hydrogen-bond donors (Lipinski definition) is 0. The molecular weight excluding hydrogens is 162 g/mol. The molecule has 0 radical (unpaired) electrons. The highest BCUT2D eigenvalue weighted by Gasteiger charge is 2.01. The largest absolute Gasteiger partial charge is 0.481 e. The first-order valence-electron chi connectivity index (χ1n) is 5.33. The predicted molar refractivity (Wildman–Crippen MR) is 58.3 cm³/mol. The lowest BCUT2D eigenvalue weighted by Gasteiger charge is -2.09. The fraction of sp³-hybridized carbons (Fsp3) is 0.909. The molecule has 0 rings (SSSR count). The fourth-order valence-corrected chi connectivity index (χ4v) is 1.22. The Balaban J connectivity index is 3.50. The summed E-state index contributed by atoms with van der Waals surface area (Å²) in [4.78, 5) is 4.09. The van der Waals surface area contributed by atoms with Crippen LogP contribution in [0, 0.1) is 5.92 Å². The van der Waals surface area contributed by atoms with Crippen molar-refractivity contribution in [3.05, 3.63) is 0 Å². The minimum Gasteiger partial charge on any atom is -0.481 e. The van der Waals surface area contributed by atoms with Gasteiger partial charge >= 0.3 is 0 Å². The van der Waals surface area contributed by atoms with Crippen molar-refractivity contribution in [2.24, 2.45) is 10.9 Å². The first-order valence-corrected chi connectivity index (χ1v) is 5.33. The van der Waals surface area contributed by atoms with Crippen LogP contribution < -0.4 is 0 Å². The van der Waals surface area contributed by atoms with E-state index in [2.05, 4.69) is 18.8 Å². The van der Waals surface area contributed by atoms with Crippen molar-refractivity contribution >= 4 is 5.90 Å². The van der Waals surface area contributed by atoms with Crippen molar-refractivity contribution in [3.8, 4) is 0 Å². The van der Waals surface area contributed by atoms with Gasteiger partial charge in [-0.25, -0.2) is 0 Å². The molecule has 0 aliphatic rings. The summed E-state index contributed by atoms with van der Waals surface area (Å²) in [5, 5.41) is 0. The van der Waals surface area contributed by atoms with Crippen LogP contribution in [0.15, 0.2) is 4.99 Å². The molecule has 0 aromatic heterocycles. The first kappa shape index (κ1) is 12.5. The van der Waals surface area contributed by atoms with Gasteiger partial charge in [0.25, 0.3) is 0 Å². The maximum absolute atomic E-state index is 5.36. The second-order valence-corrected chi connectivity index (χ2v) is 3.46. The van der Waals surface area contributed by atoms with Gasteiger partial charge in [0.2, 0.25) is 0 Å². The molecular formula is C11H23NO. The normalized spacial score (nSPS) is 14.3. The summed E-state index contributed by atoms with van der Waals surface area (Å²) in [5.41, 5.74) is 0. The highest BCUT2D eigenvalue weighted by molar-refractivity contribution is 5.75. The quantitative estimate of drug-likeness (QED) is 0.460. The molecule has 1 unspecified atom stereocenters. The summed E-state index contributed by atoms with van der Waals surface area (Å²) in [6.45, 7) is 7.27. The molecule has 78 valence electrons. The average molecular weight is 185 g/mol. The molecule has 0 aromatic carbocycles.